The highest BCUT2D eigenvalue weighted by Gasteiger charge is 2.31. The van der Waals surface area contributed by atoms with E-state index in [1.165, 1.54) is 10.9 Å². The lowest BCUT2D eigenvalue weighted by Crippen LogP contribution is -2.44. The van der Waals surface area contributed by atoms with Crippen molar-refractivity contribution in [2.24, 2.45) is 5.92 Å². The third kappa shape index (κ3) is 4.34. The number of hydrogen-bond acceptors (Lipinski definition) is 4. The molecule has 6 nitrogen and oxygen atoms in total. The van der Waals surface area contributed by atoms with E-state index < -0.39 is 0 Å². The van der Waals surface area contributed by atoms with Crippen molar-refractivity contribution in [3.63, 3.8) is 0 Å². The smallest absolute Gasteiger partial charge is 0.240 e. The van der Waals surface area contributed by atoms with Gasteiger partial charge in [-0.2, -0.15) is 0 Å². The summed E-state index contributed by atoms with van der Waals surface area (Å²) in [6, 6.07) is 10.7. The van der Waals surface area contributed by atoms with Crippen LogP contribution in [0.2, 0.25) is 0 Å². The molecule has 1 amide bonds. The molecule has 0 aliphatic carbocycles. The van der Waals surface area contributed by atoms with E-state index in [2.05, 4.69) is 51.9 Å². The van der Waals surface area contributed by atoms with Crippen LogP contribution in [0.3, 0.4) is 0 Å². The molecule has 2 saturated heterocycles. The molecule has 2 aliphatic rings. The van der Waals surface area contributed by atoms with Crippen molar-refractivity contribution in [1.29, 1.82) is 0 Å². The lowest BCUT2D eigenvalue weighted by molar-refractivity contribution is -0.132. The molecule has 2 unspecified atom stereocenters. The van der Waals surface area contributed by atoms with Crippen LogP contribution in [0.1, 0.15) is 25.7 Å². The van der Waals surface area contributed by atoms with Crippen LogP contribution in [0.15, 0.2) is 36.5 Å². The zero-order chi connectivity index (χ0) is 18.6. The number of nitrogens with zero attached hydrogens (tertiary/aromatic N) is 2. The molecule has 0 bridgehead atoms. The number of fused-ring (bicyclic) bond motifs is 1. The minimum absolute atomic E-state index is 0.142. The SMILES string of the molecule is CN(CCC1CCOCC1)C(=O)C1CC(Cn2ccc3ccccc32)NN1. The highest BCUT2D eigenvalue weighted by Crippen LogP contribution is 2.20. The Labute approximate surface area is 160 Å². The molecule has 2 N–H and O–H groups in total. The Hall–Kier alpha value is -1.89. The maximum Gasteiger partial charge on any atom is 0.240 e. The summed E-state index contributed by atoms with van der Waals surface area (Å²) < 4.78 is 7.68. The second-order valence-electron chi connectivity index (χ2n) is 7.91. The Kier molecular flexibility index (Phi) is 5.76. The van der Waals surface area contributed by atoms with Gasteiger partial charge >= 0.3 is 0 Å². The maximum absolute atomic E-state index is 12.8. The summed E-state index contributed by atoms with van der Waals surface area (Å²) in [5, 5.41) is 1.25. The predicted octanol–water partition coefficient (Wildman–Crippen LogP) is 2.15. The summed E-state index contributed by atoms with van der Waals surface area (Å²) in [4.78, 5) is 14.7. The highest BCUT2D eigenvalue weighted by molar-refractivity contribution is 5.82. The summed E-state index contributed by atoms with van der Waals surface area (Å²) in [7, 11) is 1.93. The van der Waals surface area contributed by atoms with Gasteiger partial charge in [0.05, 0.1) is 0 Å². The first-order valence-corrected chi connectivity index (χ1v) is 10.1. The predicted molar refractivity (Wildman–Crippen MR) is 106 cm³/mol. The summed E-state index contributed by atoms with van der Waals surface area (Å²) in [6.45, 7) is 3.42. The topological polar surface area (TPSA) is 58.5 Å². The second kappa shape index (κ2) is 8.42. The molecule has 146 valence electrons. The van der Waals surface area contributed by atoms with Gasteiger partial charge in [0.25, 0.3) is 0 Å². The number of para-hydroxylation sites is 1. The number of likely N-dealkylation sites (N-methyl/N-ethyl adjacent to an activating group) is 1. The zero-order valence-corrected chi connectivity index (χ0v) is 16.1. The number of aromatic nitrogens is 1. The molecule has 3 heterocycles. The van der Waals surface area contributed by atoms with Gasteiger partial charge in [0, 0.05) is 51.1 Å². The van der Waals surface area contributed by atoms with Crippen LogP contribution < -0.4 is 10.9 Å². The van der Waals surface area contributed by atoms with E-state index in [1.807, 2.05) is 11.9 Å². The van der Waals surface area contributed by atoms with Crippen LogP contribution >= 0.6 is 0 Å². The van der Waals surface area contributed by atoms with Gasteiger partial charge < -0.3 is 14.2 Å². The van der Waals surface area contributed by atoms with Crippen molar-refractivity contribution < 1.29 is 9.53 Å². The number of rotatable bonds is 6. The number of ether oxygens (including phenoxy) is 1. The van der Waals surface area contributed by atoms with Gasteiger partial charge in [-0.25, -0.2) is 5.43 Å². The van der Waals surface area contributed by atoms with E-state index in [4.69, 9.17) is 4.74 Å². The number of benzene rings is 1. The van der Waals surface area contributed by atoms with Crippen molar-refractivity contribution in [1.82, 2.24) is 20.3 Å². The van der Waals surface area contributed by atoms with Crippen molar-refractivity contribution in [2.45, 2.75) is 44.3 Å². The molecule has 1 aromatic heterocycles. The van der Waals surface area contributed by atoms with Gasteiger partial charge in [0.1, 0.15) is 6.04 Å². The highest BCUT2D eigenvalue weighted by atomic mass is 16.5. The molecule has 0 radical (unpaired) electrons. The van der Waals surface area contributed by atoms with Gasteiger partial charge in [0.2, 0.25) is 5.91 Å². The van der Waals surface area contributed by atoms with Crippen LogP contribution in [-0.2, 0) is 16.1 Å². The largest absolute Gasteiger partial charge is 0.381 e. The molecule has 0 saturated carbocycles. The van der Waals surface area contributed by atoms with Crippen LogP contribution in [-0.4, -0.2) is 54.3 Å². The van der Waals surface area contributed by atoms with Crippen LogP contribution in [0, 0.1) is 5.92 Å². The fraction of sp³-hybridized carbons (Fsp3) is 0.571. The Balaban J connectivity index is 1.27. The Morgan fingerprint density at radius 2 is 2.04 bits per heavy atom. The first-order valence-electron chi connectivity index (χ1n) is 10.1. The molecule has 4 rings (SSSR count). The molecule has 2 aromatic rings. The molecule has 1 aromatic carbocycles. The van der Waals surface area contributed by atoms with E-state index in [-0.39, 0.29) is 18.0 Å². The Morgan fingerprint density at radius 3 is 2.89 bits per heavy atom. The Morgan fingerprint density at radius 1 is 1.22 bits per heavy atom. The first-order chi connectivity index (χ1) is 13.2. The maximum atomic E-state index is 12.8. The third-order valence-electron chi connectivity index (χ3n) is 5.97. The number of carbonyl (C=O) groups is 1. The summed E-state index contributed by atoms with van der Waals surface area (Å²) >= 11 is 0. The lowest BCUT2D eigenvalue weighted by Gasteiger charge is -2.26. The monoisotopic (exact) mass is 370 g/mol. The molecule has 2 aliphatic heterocycles. The first kappa shape index (κ1) is 18.5. The molecule has 6 heteroatoms. The minimum Gasteiger partial charge on any atom is -0.381 e. The average molecular weight is 370 g/mol. The number of hydrogen-bond donors (Lipinski definition) is 2. The summed E-state index contributed by atoms with van der Waals surface area (Å²) in [5.41, 5.74) is 7.77. The average Bonchev–Trinajstić information content (AvgIpc) is 3.34. The number of nitrogens with one attached hydrogen (secondary N) is 2. The standard InChI is InChI=1S/C21H30N4O2/c1-24(10-6-16-8-12-27-13-9-16)21(26)19-14-18(22-23-19)15-25-11-7-17-4-2-3-5-20(17)25/h2-5,7,11,16,18-19,22-23H,6,8-10,12-15H2,1H3. The van der Waals surface area contributed by atoms with Crippen molar-refractivity contribution in [3.8, 4) is 0 Å². The van der Waals surface area contributed by atoms with Crippen LogP contribution in [0.25, 0.3) is 10.9 Å². The summed E-state index contributed by atoms with van der Waals surface area (Å²) in [6.07, 6.45) is 6.26. The molecule has 27 heavy (non-hydrogen) atoms. The molecular formula is C21H30N4O2. The minimum atomic E-state index is -0.142. The number of carbonyl (C=O) groups excluding carboxylic acids is 1. The normalized spacial score (nSPS) is 23.7. The van der Waals surface area contributed by atoms with Crippen molar-refractivity contribution >= 4 is 16.8 Å². The van der Waals surface area contributed by atoms with Crippen LogP contribution in [0.4, 0.5) is 0 Å². The quantitative estimate of drug-likeness (QED) is 0.818. The van der Waals surface area contributed by atoms with Crippen LogP contribution in [0.5, 0.6) is 0 Å². The van der Waals surface area contributed by atoms with E-state index in [0.717, 1.165) is 52.0 Å². The van der Waals surface area contributed by atoms with E-state index >= 15 is 0 Å². The van der Waals surface area contributed by atoms with Gasteiger partial charge in [-0.15, -0.1) is 0 Å². The molecular weight excluding hydrogens is 340 g/mol. The van der Waals surface area contributed by atoms with E-state index in [1.54, 1.807) is 0 Å². The fourth-order valence-electron chi connectivity index (χ4n) is 4.23. The van der Waals surface area contributed by atoms with Gasteiger partial charge in [-0.3, -0.25) is 10.2 Å². The van der Waals surface area contributed by atoms with Crippen molar-refractivity contribution in [2.75, 3.05) is 26.8 Å². The zero-order valence-electron chi connectivity index (χ0n) is 16.1. The molecule has 2 fully saturated rings. The van der Waals surface area contributed by atoms with E-state index in [9.17, 15) is 4.79 Å². The Bertz CT molecular complexity index is 768. The summed E-state index contributed by atoms with van der Waals surface area (Å²) in [5.74, 6) is 0.882. The molecule has 2 atom stereocenters. The van der Waals surface area contributed by atoms with E-state index in [0.29, 0.717) is 5.92 Å². The van der Waals surface area contributed by atoms with Gasteiger partial charge in [-0.05, 0) is 49.1 Å². The lowest BCUT2D eigenvalue weighted by atomic mass is 9.96. The fourth-order valence-corrected chi connectivity index (χ4v) is 4.23. The number of amides is 1. The number of hydrazine groups is 1. The van der Waals surface area contributed by atoms with Crippen molar-refractivity contribution in [3.05, 3.63) is 36.5 Å². The molecule has 0 spiro atoms. The second-order valence-corrected chi connectivity index (χ2v) is 7.91. The van der Waals surface area contributed by atoms with Gasteiger partial charge in [-0.1, -0.05) is 18.2 Å². The third-order valence-corrected chi connectivity index (χ3v) is 5.97. The van der Waals surface area contributed by atoms with Gasteiger partial charge in [0.15, 0.2) is 0 Å².